The summed E-state index contributed by atoms with van der Waals surface area (Å²) in [5.74, 6) is -0.470. The van der Waals surface area contributed by atoms with Crippen molar-refractivity contribution in [1.29, 1.82) is 0 Å². The van der Waals surface area contributed by atoms with Crippen LogP contribution < -0.4 is 10.6 Å². The fourth-order valence-electron chi connectivity index (χ4n) is 2.07. The number of rotatable bonds is 4. The lowest BCUT2D eigenvalue weighted by Crippen LogP contribution is -2.57. The minimum atomic E-state index is -1.34. The number of urea groups is 1. The molecule has 2 amide bonds. The van der Waals surface area contributed by atoms with Crippen LogP contribution in [0.4, 0.5) is 4.79 Å². The molecule has 1 aliphatic heterocycles. The Hall–Kier alpha value is -2.09. The Morgan fingerprint density at radius 1 is 1.45 bits per heavy atom. The van der Waals surface area contributed by atoms with Gasteiger partial charge in [0.05, 0.1) is 12.3 Å². The number of carbonyl (C=O) groups excluding carboxylic acids is 1. The van der Waals surface area contributed by atoms with Crippen LogP contribution in [0.3, 0.4) is 0 Å². The Bertz CT molecular complexity index is 500. The van der Waals surface area contributed by atoms with E-state index in [1.165, 1.54) is 0 Å². The summed E-state index contributed by atoms with van der Waals surface area (Å²) in [5, 5.41) is 18.1. The molecule has 2 heterocycles. The molecular weight excluding hydrogens is 266 g/mol. The van der Waals surface area contributed by atoms with Crippen molar-refractivity contribution >= 4 is 12.0 Å². The van der Waals surface area contributed by atoms with Crippen LogP contribution in [0, 0.1) is 13.8 Å². The number of carboxylic acid groups (broad SMARTS) is 1. The lowest BCUT2D eigenvalue weighted by molar-refractivity contribution is -0.144. The molecule has 8 nitrogen and oxygen atoms in total. The number of aryl methyl sites for hydroxylation is 2. The molecule has 1 atom stereocenters. The maximum absolute atomic E-state index is 11.8. The zero-order valence-corrected chi connectivity index (χ0v) is 11.4. The van der Waals surface area contributed by atoms with Crippen molar-refractivity contribution in [3.8, 4) is 0 Å². The second-order valence-electron chi connectivity index (χ2n) is 4.80. The van der Waals surface area contributed by atoms with E-state index in [0.29, 0.717) is 18.1 Å². The predicted octanol–water partition coefficient (Wildman–Crippen LogP) is 0.334. The van der Waals surface area contributed by atoms with Gasteiger partial charge < -0.3 is 25.0 Å². The number of nitrogens with one attached hydrogen (secondary N) is 2. The van der Waals surface area contributed by atoms with E-state index in [0.717, 1.165) is 5.56 Å². The SMILES string of the molecule is Cc1noc(C)c1CNC(=O)NC1(C(=O)O)CCOC1. The van der Waals surface area contributed by atoms with Crippen LogP contribution in [0.25, 0.3) is 0 Å². The molecule has 2 rings (SSSR count). The maximum atomic E-state index is 11.8. The van der Waals surface area contributed by atoms with E-state index >= 15 is 0 Å². The number of hydrogen-bond donors (Lipinski definition) is 3. The Morgan fingerprint density at radius 2 is 2.20 bits per heavy atom. The van der Waals surface area contributed by atoms with Crippen molar-refractivity contribution < 1.29 is 24.0 Å². The highest BCUT2D eigenvalue weighted by Gasteiger charge is 2.44. The highest BCUT2D eigenvalue weighted by atomic mass is 16.5. The van der Waals surface area contributed by atoms with E-state index in [1.54, 1.807) is 13.8 Å². The highest BCUT2D eigenvalue weighted by molar-refractivity contribution is 5.86. The second-order valence-corrected chi connectivity index (χ2v) is 4.80. The van der Waals surface area contributed by atoms with Crippen molar-refractivity contribution in [2.45, 2.75) is 32.4 Å². The molecular formula is C12H17N3O5. The monoisotopic (exact) mass is 283 g/mol. The van der Waals surface area contributed by atoms with Crippen molar-refractivity contribution in [2.24, 2.45) is 0 Å². The van der Waals surface area contributed by atoms with Crippen LogP contribution in [0.2, 0.25) is 0 Å². The van der Waals surface area contributed by atoms with E-state index in [9.17, 15) is 14.7 Å². The topological polar surface area (TPSA) is 114 Å². The molecule has 1 saturated heterocycles. The maximum Gasteiger partial charge on any atom is 0.332 e. The Kier molecular flexibility index (Phi) is 3.93. The Balaban J connectivity index is 1.94. The number of carbonyl (C=O) groups is 2. The number of aliphatic carboxylic acids is 1. The number of ether oxygens (including phenoxy) is 1. The van der Waals surface area contributed by atoms with E-state index in [4.69, 9.17) is 9.26 Å². The minimum absolute atomic E-state index is 0.0267. The normalized spacial score (nSPS) is 21.7. The zero-order chi connectivity index (χ0) is 14.8. The summed E-state index contributed by atoms with van der Waals surface area (Å²) >= 11 is 0. The van der Waals surface area contributed by atoms with Crippen molar-refractivity contribution in [1.82, 2.24) is 15.8 Å². The van der Waals surface area contributed by atoms with Gasteiger partial charge in [-0.15, -0.1) is 0 Å². The molecule has 0 aliphatic carbocycles. The first kappa shape index (κ1) is 14.3. The molecule has 0 aromatic carbocycles. The highest BCUT2D eigenvalue weighted by Crippen LogP contribution is 2.19. The summed E-state index contributed by atoms with van der Waals surface area (Å²) in [6.45, 7) is 4.04. The predicted molar refractivity (Wildman–Crippen MR) is 67.2 cm³/mol. The van der Waals surface area contributed by atoms with Gasteiger partial charge in [0.25, 0.3) is 0 Å². The van der Waals surface area contributed by atoms with Crippen LogP contribution in [0.5, 0.6) is 0 Å². The fraction of sp³-hybridized carbons (Fsp3) is 0.583. The lowest BCUT2D eigenvalue weighted by atomic mass is 9.99. The molecule has 0 spiro atoms. The van der Waals surface area contributed by atoms with Crippen LogP contribution in [0.1, 0.15) is 23.4 Å². The third kappa shape index (κ3) is 2.74. The molecule has 1 aromatic rings. The van der Waals surface area contributed by atoms with Gasteiger partial charge in [0.15, 0.2) is 5.54 Å². The van der Waals surface area contributed by atoms with E-state index in [1.807, 2.05) is 0 Å². The zero-order valence-electron chi connectivity index (χ0n) is 11.4. The fourth-order valence-corrected chi connectivity index (χ4v) is 2.07. The van der Waals surface area contributed by atoms with Crippen molar-refractivity contribution in [3.05, 3.63) is 17.0 Å². The van der Waals surface area contributed by atoms with Gasteiger partial charge in [-0.25, -0.2) is 9.59 Å². The van der Waals surface area contributed by atoms with Gasteiger partial charge in [-0.1, -0.05) is 5.16 Å². The number of hydrogen-bond acceptors (Lipinski definition) is 5. The lowest BCUT2D eigenvalue weighted by Gasteiger charge is -2.23. The molecule has 1 fully saturated rings. The first-order valence-corrected chi connectivity index (χ1v) is 6.23. The van der Waals surface area contributed by atoms with Crippen molar-refractivity contribution in [2.75, 3.05) is 13.2 Å². The first-order valence-electron chi connectivity index (χ1n) is 6.23. The van der Waals surface area contributed by atoms with Crippen molar-refractivity contribution in [3.63, 3.8) is 0 Å². The Labute approximate surface area is 115 Å². The Morgan fingerprint density at radius 3 is 2.70 bits per heavy atom. The largest absolute Gasteiger partial charge is 0.479 e. The van der Waals surface area contributed by atoms with E-state index in [-0.39, 0.29) is 19.6 Å². The quantitative estimate of drug-likeness (QED) is 0.734. The smallest absolute Gasteiger partial charge is 0.332 e. The van der Waals surface area contributed by atoms with Crippen LogP contribution in [0.15, 0.2) is 4.52 Å². The average molecular weight is 283 g/mol. The molecule has 3 N–H and O–H groups in total. The van der Waals surface area contributed by atoms with Gasteiger partial charge in [0, 0.05) is 25.1 Å². The molecule has 1 aromatic heterocycles. The summed E-state index contributed by atoms with van der Waals surface area (Å²) < 4.78 is 10.0. The van der Waals surface area contributed by atoms with Crippen LogP contribution in [-0.4, -0.2) is 41.0 Å². The van der Waals surface area contributed by atoms with Gasteiger partial charge in [0.2, 0.25) is 0 Å². The molecule has 20 heavy (non-hydrogen) atoms. The average Bonchev–Trinajstić information content (AvgIpc) is 2.97. The van der Waals surface area contributed by atoms with Gasteiger partial charge >= 0.3 is 12.0 Å². The second kappa shape index (κ2) is 5.49. The molecule has 0 saturated carbocycles. The summed E-state index contributed by atoms with van der Waals surface area (Å²) in [6.07, 6.45) is 0.251. The van der Waals surface area contributed by atoms with Gasteiger partial charge in [-0.3, -0.25) is 0 Å². The molecule has 110 valence electrons. The van der Waals surface area contributed by atoms with Crippen LogP contribution >= 0.6 is 0 Å². The van der Waals surface area contributed by atoms with E-state index < -0.39 is 17.5 Å². The number of amides is 2. The van der Waals surface area contributed by atoms with E-state index in [2.05, 4.69) is 15.8 Å². The standard InChI is InChI=1S/C12H17N3O5/c1-7-9(8(2)20-15-7)5-13-11(18)14-12(10(16)17)3-4-19-6-12/h3-6H2,1-2H3,(H,16,17)(H2,13,14,18). The molecule has 1 aliphatic rings. The third-order valence-electron chi connectivity index (χ3n) is 3.39. The first-order chi connectivity index (χ1) is 9.44. The van der Waals surface area contributed by atoms with Gasteiger partial charge in [0.1, 0.15) is 5.76 Å². The number of aromatic nitrogens is 1. The van der Waals surface area contributed by atoms with Gasteiger partial charge in [-0.05, 0) is 13.8 Å². The molecule has 1 unspecified atom stereocenters. The summed E-state index contributed by atoms with van der Waals surface area (Å²) in [6, 6.07) is -0.557. The summed E-state index contributed by atoms with van der Waals surface area (Å²) in [7, 11) is 0. The summed E-state index contributed by atoms with van der Waals surface area (Å²) in [5.41, 5.74) is 0.134. The molecule has 0 radical (unpaired) electrons. The summed E-state index contributed by atoms with van der Waals surface area (Å²) in [4.78, 5) is 23.1. The van der Waals surface area contributed by atoms with Crippen LogP contribution in [-0.2, 0) is 16.1 Å². The van der Waals surface area contributed by atoms with Gasteiger partial charge in [-0.2, -0.15) is 0 Å². The number of carboxylic acids is 1. The third-order valence-corrected chi connectivity index (χ3v) is 3.39. The molecule has 8 heteroatoms. The minimum Gasteiger partial charge on any atom is -0.479 e. The molecule has 0 bridgehead atoms. The number of nitrogens with zero attached hydrogens (tertiary/aromatic N) is 1.